The molecule has 0 radical (unpaired) electrons. The summed E-state index contributed by atoms with van der Waals surface area (Å²) in [4.78, 5) is 21.9. The second kappa shape index (κ2) is 9.30. The zero-order valence-corrected chi connectivity index (χ0v) is 16.2. The Bertz CT molecular complexity index is 967. The highest BCUT2D eigenvalue weighted by Gasteiger charge is 2.08. The van der Waals surface area contributed by atoms with Crippen molar-refractivity contribution in [3.05, 3.63) is 70.5 Å². The molecule has 2 aromatic carbocycles. The average Bonchev–Trinajstić information content (AvgIpc) is 2.72. The maximum Gasteiger partial charge on any atom is 0.251 e. The van der Waals surface area contributed by atoms with E-state index in [-0.39, 0.29) is 12.2 Å². The van der Waals surface area contributed by atoms with Gasteiger partial charge in [-0.15, -0.1) is 0 Å². The van der Waals surface area contributed by atoms with Gasteiger partial charge in [0.2, 0.25) is 0 Å². The lowest BCUT2D eigenvalue weighted by atomic mass is 10.1. The molecule has 0 fully saturated rings. The highest BCUT2D eigenvalue weighted by atomic mass is 16.5. The minimum Gasteiger partial charge on any atom is -0.497 e. The van der Waals surface area contributed by atoms with Gasteiger partial charge in [-0.1, -0.05) is 18.2 Å². The van der Waals surface area contributed by atoms with E-state index in [1.165, 1.54) is 6.07 Å². The largest absolute Gasteiger partial charge is 0.497 e. The maximum atomic E-state index is 12.2. The molecule has 1 aromatic heterocycles. The zero-order chi connectivity index (χ0) is 19.9. The lowest BCUT2D eigenvalue weighted by Crippen LogP contribution is -2.19. The van der Waals surface area contributed by atoms with Gasteiger partial charge in [0.15, 0.2) is 0 Å². The van der Waals surface area contributed by atoms with Gasteiger partial charge in [-0.3, -0.25) is 4.79 Å². The van der Waals surface area contributed by atoms with E-state index in [9.17, 15) is 4.79 Å². The number of H-pyrrole nitrogens is 1. The van der Waals surface area contributed by atoms with Gasteiger partial charge < -0.3 is 19.7 Å². The van der Waals surface area contributed by atoms with Crippen LogP contribution in [0.1, 0.15) is 12.0 Å². The first-order chi connectivity index (χ1) is 13.6. The van der Waals surface area contributed by atoms with E-state index in [4.69, 9.17) is 9.84 Å². The first-order valence-electron chi connectivity index (χ1n) is 9.23. The van der Waals surface area contributed by atoms with E-state index in [1.807, 2.05) is 55.6 Å². The van der Waals surface area contributed by atoms with Crippen LogP contribution >= 0.6 is 0 Å². The molecule has 0 aliphatic carbocycles. The summed E-state index contributed by atoms with van der Waals surface area (Å²) in [5.74, 6) is 1.30. The Hall–Kier alpha value is -2.96. The summed E-state index contributed by atoms with van der Waals surface area (Å²) in [6.07, 6.45) is 0.745. The van der Waals surface area contributed by atoms with Crippen LogP contribution in [0, 0.1) is 0 Å². The minimum absolute atomic E-state index is 0.188. The molecule has 3 rings (SSSR count). The van der Waals surface area contributed by atoms with E-state index >= 15 is 0 Å². The maximum absolute atomic E-state index is 12.2. The molecule has 0 atom stereocenters. The number of benzene rings is 2. The Labute approximate surface area is 164 Å². The topological polar surface area (TPSA) is 78.5 Å². The van der Waals surface area contributed by atoms with Crippen molar-refractivity contribution in [2.24, 2.45) is 0 Å². The Morgan fingerprint density at radius 1 is 1.11 bits per heavy atom. The quantitative estimate of drug-likeness (QED) is 0.629. The smallest absolute Gasteiger partial charge is 0.251 e. The van der Waals surface area contributed by atoms with E-state index < -0.39 is 0 Å². The summed E-state index contributed by atoms with van der Waals surface area (Å²) in [7, 11) is 3.64. The number of aliphatic hydroxyl groups is 1. The van der Waals surface area contributed by atoms with Gasteiger partial charge >= 0.3 is 0 Å². The lowest BCUT2D eigenvalue weighted by Gasteiger charge is -2.16. The van der Waals surface area contributed by atoms with Crippen molar-refractivity contribution in [3.63, 3.8) is 0 Å². The Kier molecular flexibility index (Phi) is 6.57. The van der Waals surface area contributed by atoms with Crippen LogP contribution in [-0.2, 0) is 6.54 Å². The van der Waals surface area contributed by atoms with Gasteiger partial charge in [0.1, 0.15) is 11.6 Å². The number of methoxy groups -OCH3 is 1. The van der Waals surface area contributed by atoms with Crippen LogP contribution in [0.25, 0.3) is 22.6 Å². The van der Waals surface area contributed by atoms with Gasteiger partial charge in [-0.25, -0.2) is 4.98 Å². The van der Waals surface area contributed by atoms with E-state index in [1.54, 1.807) is 7.11 Å². The van der Waals surface area contributed by atoms with Crippen LogP contribution < -0.4 is 10.3 Å². The molecule has 6 nitrogen and oxygen atoms in total. The molecular formula is C22H25N3O3. The molecule has 1 heterocycles. The SMILES string of the molecule is COc1ccc(-c2cc(=O)[nH]c(-c3cccc(CN(C)CCCO)c3)n2)cc1. The number of nitrogens with one attached hydrogen (secondary N) is 1. The molecule has 0 spiro atoms. The second-order valence-corrected chi connectivity index (χ2v) is 6.72. The summed E-state index contributed by atoms with van der Waals surface area (Å²) in [5, 5.41) is 8.97. The van der Waals surface area contributed by atoms with Crippen molar-refractivity contribution >= 4 is 0 Å². The molecule has 0 unspecified atom stereocenters. The molecule has 6 heteroatoms. The van der Waals surface area contributed by atoms with Crippen molar-refractivity contribution in [1.29, 1.82) is 0 Å². The van der Waals surface area contributed by atoms with Crippen molar-refractivity contribution in [2.75, 3.05) is 27.3 Å². The average molecular weight is 379 g/mol. The first-order valence-corrected chi connectivity index (χ1v) is 9.23. The van der Waals surface area contributed by atoms with Crippen LogP contribution in [0.4, 0.5) is 0 Å². The molecule has 2 N–H and O–H groups in total. The van der Waals surface area contributed by atoms with Gasteiger partial charge in [-0.2, -0.15) is 0 Å². The molecule has 28 heavy (non-hydrogen) atoms. The summed E-state index contributed by atoms with van der Waals surface area (Å²) < 4.78 is 5.18. The van der Waals surface area contributed by atoms with E-state index in [0.717, 1.165) is 42.0 Å². The fraction of sp³-hybridized carbons (Fsp3) is 0.273. The Morgan fingerprint density at radius 3 is 2.61 bits per heavy atom. The summed E-state index contributed by atoms with van der Waals surface area (Å²) in [5.41, 5.74) is 3.26. The van der Waals surface area contributed by atoms with Crippen LogP contribution in [-0.4, -0.2) is 47.3 Å². The first kappa shape index (κ1) is 19.8. The molecular weight excluding hydrogens is 354 g/mol. The zero-order valence-electron chi connectivity index (χ0n) is 16.2. The van der Waals surface area contributed by atoms with E-state index in [0.29, 0.717) is 11.5 Å². The van der Waals surface area contributed by atoms with Crippen LogP contribution in [0.5, 0.6) is 5.75 Å². The number of ether oxygens (including phenoxy) is 1. The number of aromatic nitrogens is 2. The number of rotatable bonds is 8. The molecule has 3 aromatic rings. The van der Waals surface area contributed by atoms with Crippen LogP contribution in [0.15, 0.2) is 59.4 Å². The highest BCUT2D eigenvalue weighted by Crippen LogP contribution is 2.22. The summed E-state index contributed by atoms with van der Waals surface area (Å²) in [6, 6.07) is 16.9. The predicted octanol–water partition coefficient (Wildman–Crippen LogP) is 2.93. The Balaban J connectivity index is 1.88. The molecule has 0 amide bonds. The number of nitrogens with zero attached hydrogens (tertiary/aromatic N) is 2. The van der Waals surface area contributed by atoms with Crippen molar-refractivity contribution in [3.8, 4) is 28.4 Å². The molecule has 0 saturated heterocycles. The number of aliphatic hydroxyl groups excluding tert-OH is 1. The molecule has 0 saturated carbocycles. The standard InChI is InChI=1S/C22H25N3O3/c1-25(11-4-12-26)15-16-5-3-6-18(13-16)22-23-20(14-21(27)24-22)17-7-9-19(28-2)10-8-17/h3,5-10,13-14,26H,4,11-12,15H2,1-2H3,(H,23,24,27). The number of aromatic amines is 1. The molecule has 0 aliphatic rings. The number of hydrogen-bond acceptors (Lipinski definition) is 5. The second-order valence-electron chi connectivity index (χ2n) is 6.72. The van der Waals surface area contributed by atoms with Gasteiger partial charge in [0, 0.05) is 36.9 Å². The molecule has 146 valence electrons. The minimum atomic E-state index is -0.193. The third-order valence-electron chi connectivity index (χ3n) is 4.48. The fourth-order valence-electron chi connectivity index (χ4n) is 3.05. The fourth-order valence-corrected chi connectivity index (χ4v) is 3.05. The monoisotopic (exact) mass is 379 g/mol. The lowest BCUT2D eigenvalue weighted by molar-refractivity contribution is 0.244. The molecule has 0 aliphatic heterocycles. The van der Waals surface area contributed by atoms with Crippen LogP contribution in [0.3, 0.4) is 0 Å². The van der Waals surface area contributed by atoms with Gasteiger partial charge in [0.25, 0.3) is 5.56 Å². The van der Waals surface area contributed by atoms with Crippen molar-refractivity contribution in [2.45, 2.75) is 13.0 Å². The van der Waals surface area contributed by atoms with Crippen molar-refractivity contribution in [1.82, 2.24) is 14.9 Å². The summed E-state index contributed by atoms with van der Waals surface area (Å²) in [6.45, 7) is 1.77. The van der Waals surface area contributed by atoms with E-state index in [2.05, 4.69) is 14.9 Å². The third-order valence-corrected chi connectivity index (χ3v) is 4.48. The Morgan fingerprint density at radius 2 is 1.89 bits per heavy atom. The normalized spacial score (nSPS) is 11.0. The van der Waals surface area contributed by atoms with Crippen molar-refractivity contribution < 1.29 is 9.84 Å². The highest BCUT2D eigenvalue weighted by molar-refractivity contribution is 5.64. The summed E-state index contributed by atoms with van der Waals surface area (Å²) >= 11 is 0. The number of hydrogen-bond donors (Lipinski definition) is 2. The molecule has 0 bridgehead atoms. The van der Waals surface area contributed by atoms with Gasteiger partial charge in [-0.05, 0) is 49.4 Å². The predicted molar refractivity (Wildman–Crippen MR) is 110 cm³/mol. The third kappa shape index (κ3) is 5.06. The van der Waals surface area contributed by atoms with Gasteiger partial charge in [0.05, 0.1) is 12.8 Å². The van der Waals surface area contributed by atoms with Crippen LogP contribution in [0.2, 0.25) is 0 Å².